The SMILES string of the molecule is Cc1cc(C)c(S[C@@H](C)C(=O)NC2CCCC2)c(C)c1. The molecule has 0 aromatic heterocycles. The summed E-state index contributed by atoms with van der Waals surface area (Å²) in [6.45, 7) is 8.38. The summed E-state index contributed by atoms with van der Waals surface area (Å²) in [6.07, 6.45) is 4.79. The Morgan fingerprint density at radius 1 is 1.20 bits per heavy atom. The smallest absolute Gasteiger partial charge is 0.233 e. The minimum atomic E-state index is -0.0318. The minimum Gasteiger partial charge on any atom is -0.352 e. The molecule has 1 amide bonds. The molecule has 1 aliphatic rings. The summed E-state index contributed by atoms with van der Waals surface area (Å²) in [5, 5.41) is 3.16. The molecule has 1 N–H and O–H groups in total. The van der Waals surface area contributed by atoms with Gasteiger partial charge in [0.05, 0.1) is 5.25 Å². The number of aryl methyl sites for hydroxylation is 3. The second kappa shape index (κ2) is 6.66. The van der Waals surface area contributed by atoms with Gasteiger partial charge >= 0.3 is 0 Å². The normalized spacial score (nSPS) is 17.2. The lowest BCUT2D eigenvalue weighted by molar-refractivity contribution is -0.120. The lowest BCUT2D eigenvalue weighted by Gasteiger charge is -2.18. The number of hydrogen-bond donors (Lipinski definition) is 1. The molecule has 3 heteroatoms. The largest absolute Gasteiger partial charge is 0.352 e. The first-order chi connectivity index (χ1) is 9.47. The molecule has 1 aromatic rings. The second-order valence-electron chi connectivity index (χ2n) is 5.98. The molecule has 1 aromatic carbocycles. The highest BCUT2D eigenvalue weighted by molar-refractivity contribution is 8.00. The fourth-order valence-electron chi connectivity index (χ4n) is 2.97. The third kappa shape index (κ3) is 3.78. The monoisotopic (exact) mass is 291 g/mol. The van der Waals surface area contributed by atoms with E-state index < -0.39 is 0 Å². The second-order valence-corrected chi connectivity index (χ2v) is 7.33. The minimum absolute atomic E-state index is 0.0318. The van der Waals surface area contributed by atoms with Crippen LogP contribution in [0.5, 0.6) is 0 Å². The van der Waals surface area contributed by atoms with E-state index in [1.54, 1.807) is 11.8 Å². The molecule has 20 heavy (non-hydrogen) atoms. The summed E-state index contributed by atoms with van der Waals surface area (Å²) in [5.74, 6) is 0.182. The number of hydrogen-bond acceptors (Lipinski definition) is 2. The lowest BCUT2D eigenvalue weighted by Crippen LogP contribution is -2.37. The van der Waals surface area contributed by atoms with Gasteiger partial charge in [0.2, 0.25) is 5.91 Å². The third-order valence-corrected chi connectivity index (χ3v) is 5.42. The maximum absolute atomic E-state index is 12.3. The molecular weight excluding hydrogens is 266 g/mol. The van der Waals surface area contributed by atoms with E-state index in [9.17, 15) is 4.79 Å². The number of carbonyl (C=O) groups excluding carboxylic acids is 1. The van der Waals surface area contributed by atoms with Crippen molar-refractivity contribution in [3.8, 4) is 0 Å². The summed E-state index contributed by atoms with van der Waals surface area (Å²) in [6, 6.07) is 4.79. The Kier molecular flexibility index (Phi) is 5.14. The molecule has 1 atom stereocenters. The Hall–Kier alpha value is -0.960. The molecule has 1 fully saturated rings. The van der Waals surface area contributed by atoms with Crippen molar-refractivity contribution in [3.63, 3.8) is 0 Å². The Morgan fingerprint density at radius 3 is 2.30 bits per heavy atom. The van der Waals surface area contributed by atoms with E-state index in [4.69, 9.17) is 0 Å². The van der Waals surface area contributed by atoms with E-state index in [0.29, 0.717) is 6.04 Å². The first-order valence-electron chi connectivity index (χ1n) is 7.52. The van der Waals surface area contributed by atoms with Crippen LogP contribution in [0.4, 0.5) is 0 Å². The molecule has 0 unspecified atom stereocenters. The van der Waals surface area contributed by atoms with Gasteiger partial charge in [-0.1, -0.05) is 30.5 Å². The van der Waals surface area contributed by atoms with Crippen molar-refractivity contribution in [2.75, 3.05) is 0 Å². The van der Waals surface area contributed by atoms with Crippen LogP contribution in [0.25, 0.3) is 0 Å². The average Bonchev–Trinajstić information content (AvgIpc) is 2.86. The van der Waals surface area contributed by atoms with E-state index in [1.807, 2.05) is 6.92 Å². The molecule has 0 radical (unpaired) electrons. The van der Waals surface area contributed by atoms with Gasteiger partial charge in [0.15, 0.2) is 0 Å². The first kappa shape index (κ1) is 15.4. The zero-order valence-corrected chi connectivity index (χ0v) is 13.8. The van der Waals surface area contributed by atoms with E-state index >= 15 is 0 Å². The topological polar surface area (TPSA) is 29.1 Å². The van der Waals surface area contributed by atoms with Crippen LogP contribution in [0.2, 0.25) is 0 Å². The molecule has 2 nitrogen and oxygen atoms in total. The Morgan fingerprint density at radius 2 is 1.75 bits per heavy atom. The summed E-state index contributed by atoms with van der Waals surface area (Å²) >= 11 is 1.68. The van der Waals surface area contributed by atoms with E-state index in [-0.39, 0.29) is 11.2 Å². The van der Waals surface area contributed by atoms with Gasteiger partial charge in [0.1, 0.15) is 0 Å². The molecule has 0 spiro atoms. The zero-order valence-electron chi connectivity index (χ0n) is 13.0. The van der Waals surface area contributed by atoms with Crippen LogP contribution < -0.4 is 5.32 Å². The molecule has 1 aliphatic carbocycles. The van der Waals surface area contributed by atoms with Gasteiger partial charge in [-0.25, -0.2) is 0 Å². The molecule has 0 saturated heterocycles. The molecule has 2 rings (SSSR count). The number of nitrogens with one attached hydrogen (secondary N) is 1. The van der Waals surface area contributed by atoms with Crippen LogP contribution in [0, 0.1) is 20.8 Å². The van der Waals surface area contributed by atoms with Crippen molar-refractivity contribution in [1.29, 1.82) is 0 Å². The highest BCUT2D eigenvalue weighted by atomic mass is 32.2. The predicted molar refractivity (Wildman–Crippen MR) is 86.4 cm³/mol. The summed E-state index contributed by atoms with van der Waals surface area (Å²) < 4.78 is 0. The van der Waals surface area contributed by atoms with Crippen molar-refractivity contribution in [1.82, 2.24) is 5.32 Å². The van der Waals surface area contributed by atoms with Gasteiger partial charge < -0.3 is 5.32 Å². The highest BCUT2D eigenvalue weighted by Crippen LogP contribution is 2.31. The molecule has 0 bridgehead atoms. The predicted octanol–water partition coefficient (Wildman–Crippen LogP) is 4.15. The summed E-state index contributed by atoms with van der Waals surface area (Å²) in [7, 11) is 0. The fourth-order valence-corrected chi connectivity index (χ4v) is 3.99. The van der Waals surface area contributed by atoms with Crippen molar-refractivity contribution < 1.29 is 4.79 Å². The van der Waals surface area contributed by atoms with E-state index in [0.717, 1.165) is 12.8 Å². The highest BCUT2D eigenvalue weighted by Gasteiger charge is 2.22. The fraction of sp³-hybridized carbons (Fsp3) is 0.588. The Labute approximate surface area is 126 Å². The standard InChI is InChI=1S/C17H25NOS/c1-11-9-12(2)16(13(3)10-11)20-14(4)17(19)18-15-7-5-6-8-15/h9-10,14-15H,5-8H2,1-4H3,(H,18,19)/t14-/m0/s1. The molecule has 0 aliphatic heterocycles. The van der Waals surface area contributed by atoms with Crippen LogP contribution in [0.3, 0.4) is 0 Å². The van der Waals surface area contributed by atoms with Crippen LogP contribution in [-0.2, 0) is 4.79 Å². The lowest BCUT2D eigenvalue weighted by atomic mass is 10.1. The summed E-state index contributed by atoms with van der Waals surface area (Å²) in [4.78, 5) is 13.5. The Bertz CT molecular complexity index is 469. The van der Waals surface area contributed by atoms with Gasteiger partial charge in [-0.05, 0) is 51.7 Å². The van der Waals surface area contributed by atoms with Crippen LogP contribution in [-0.4, -0.2) is 17.2 Å². The molecule has 0 heterocycles. The molecule has 1 saturated carbocycles. The van der Waals surface area contributed by atoms with Crippen LogP contribution >= 0.6 is 11.8 Å². The van der Waals surface area contributed by atoms with Gasteiger partial charge in [-0.2, -0.15) is 0 Å². The third-order valence-electron chi connectivity index (χ3n) is 3.97. The average molecular weight is 291 g/mol. The number of carbonyl (C=O) groups is 1. The van der Waals surface area contributed by atoms with Gasteiger partial charge in [0, 0.05) is 10.9 Å². The Balaban J connectivity index is 2.00. The van der Waals surface area contributed by atoms with E-state index in [1.165, 1.54) is 34.4 Å². The maximum atomic E-state index is 12.3. The number of rotatable bonds is 4. The quantitative estimate of drug-likeness (QED) is 0.844. The van der Waals surface area contributed by atoms with E-state index in [2.05, 4.69) is 38.2 Å². The zero-order chi connectivity index (χ0) is 14.7. The van der Waals surface area contributed by atoms with Crippen molar-refractivity contribution in [2.45, 2.75) is 69.6 Å². The van der Waals surface area contributed by atoms with Gasteiger partial charge in [-0.3, -0.25) is 4.79 Å². The van der Waals surface area contributed by atoms with Crippen molar-refractivity contribution >= 4 is 17.7 Å². The number of benzene rings is 1. The van der Waals surface area contributed by atoms with Gasteiger partial charge in [-0.15, -0.1) is 11.8 Å². The van der Waals surface area contributed by atoms with Crippen LogP contribution in [0.1, 0.15) is 49.3 Å². The summed E-state index contributed by atoms with van der Waals surface area (Å²) in [5.41, 5.74) is 3.83. The number of thioether (sulfide) groups is 1. The van der Waals surface area contributed by atoms with Crippen molar-refractivity contribution in [2.24, 2.45) is 0 Å². The molecule has 110 valence electrons. The molecular formula is C17H25NOS. The van der Waals surface area contributed by atoms with Gasteiger partial charge in [0.25, 0.3) is 0 Å². The first-order valence-corrected chi connectivity index (χ1v) is 8.40. The number of amides is 1. The maximum Gasteiger partial charge on any atom is 0.233 e. The van der Waals surface area contributed by atoms with Crippen LogP contribution in [0.15, 0.2) is 17.0 Å². The van der Waals surface area contributed by atoms with Crippen molar-refractivity contribution in [3.05, 3.63) is 28.8 Å².